The van der Waals surface area contributed by atoms with Crippen LogP contribution < -0.4 is 5.84 Å². The number of ether oxygens (including phenoxy) is 1. The SMILES string of the molecule is N#Cc1ncc(S[C@H]2OC(CO)[C@H](O)C(N=CC(=NN)c3cc(F)c(F)c(F)c3)C2O)cc1Cl. The van der Waals surface area contributed by atoms with Crippen LogP contribution in [0, 0.1) is 28.8 Å². The summed E-state index contributed by atoms with van der Waals surface area (Å²) in [5, 5.41) is 43.2. The van der Waals surface area contributed by atoms with E-state index in [1.807, 2.05) is 6.07 Å². The first kappa shape index (κ1) is 25.9. The molecule has 5 N–H and O–H groups in total. The number of nitriles is 1. The zero-order valence-electron chi connectivity index (χ0n) is 17.0. The Bertz CT molecular complexity index is 1140. The zero-order valence-corrected chi connectivity index (χ0v) is 18.6. The molecule has 3 unspecified atom stereocenters. The minimum absolute atomic E-state index is 0.00419. The average Bonchev–Trinajstić information content (AvgIpc) is 2.81. The van der Waals surface area contributed by atoms with Crippen molar-refractivity contribution < 1.29 is 33.2 Å². The first-order valence-corrected chi connectivity index (χ1v) is 10.8. The molecule has 14 heteroatoms. The second kappa shape index (κ2) is 11.1. The Balaban J connectivity index is 1.86. The van der Waals surface area contributed by atoms with Crippen molar-refractivity contribution in [1.29, 1.82) is 5.26 Å². The molecule has 0 bridgehead atoms. The van der Waals surface area contributed by atoms with Crippen LogP contribution in [0.3, 0.4) is 0 Å². The first-order valence-electron chi connectivity index (χ1n) is 9.50. The summed E-state index contributed by atoms with van der Waals surface area (Å²) in [6, 6.07) is 3.28. The molecular weight excluding hydrogens is 499 g/mol. The van der Waals surface area contributed by atoms with E-state index in [1.165, 1.54) is 12.3 Å². The fraction of sp³-hybridized carbons (Fsp3) is 0.300. The number of hydrazone groups is 1. The van der Waals surface area contributed by atoms with Gasteiger partial charge in [-0.15, -0.1) is 0 Å². The topological polar surface area (TPSA) is 157 Å². The number of nitrogens with zero attached hydrogens (tertiary/aromatic N) is 4. The van der Waals surface area contributed by atoms with Gasteiger partial charge in [0.05, 0.1) is 11.6 Å². The molecule has 0 spiro atoms. The van der Waals surface area contributed by atoms with Crippen molar-refractivity contribution in [2.24, 2.45) is 15.9 Å². The fourth-order valence-electron chi connectivity index (χ4n) is 3.08. The number of halogens is 4. The number of hydrogen-bond acceptors (Lipinski definition) is 10. The Morgan fingerprint density at radius 3 is 2.50 bits per heavy atom. The van der Waals surface area contributed by atoms with Gasteiger partial charge in [-0.25, -0.2) is 18.2 Å². The predicted molar refractivity (Wildman–Crippen MR) is 117 cm³/mol. The van der Waals surface area contributed by atoms with Crippen molar-refractivity contribution in [3.8, 4) is 6.07 Å². The van der Waals surface area contributed by atoms with E-state index in [-0.39, 0.29) is 22.0 Å². The smallest absolute Gasteiger partial charge is 0.194 e. The zero-order chi connectivity index (χ0) is 25.0. The van der Waals surface area contributed by atoms with E-state index in [1.54, 1.807) is 0 Å². The third kappa shape index (κ3) is 5.49. The van der Waals surface area contributed by atoms with E-state index in [2.05, 4.69) is 15.1 Å². The minimum atomic E-state index is -1.67. The summed E-state index contributed by atoms with van der Waals surface area (Å²) in [6.45, 7) is -0.616. The summed E-state index contributed by atoms with van der Waals surface area (Å²) in [4.78, 5) is 8.36. The molecule has 9 nitrogen and oxygen atoms in total. The molecule has 1 aliphatic heterocycles. The summed E-state index contributed by atoms with van der Waals surface area (Å²) in [7, 11) is 0. The maximum atomic E-state index is 13.6. The highest BCUT2D eigenvalue weighted by molar-refractivity contribution is 7.99. The van der Waals surface area contributed by atoms with Crippen molar-refractivity contribution >= 4 is 35.3 Å². The summed E-state index contributed by atoms with van der Waals surface area (Å²) in [6.07, 6.45) is -1.79. The average molecular weight is 516 g/mol. The first-order chi connectivity index (χ1) is 16.2. The molecule has 1 saturated heterocycles. The van der Waals surface area contributed by atoms with Crippen molar-refractivity contribution in [2.45, 2.75) is 34.7 Å². The van der Waals surface area contributed by atoms with Crippen molar-refractivity contribution in [3.05, 3.63) is 58.1 Å². The molecule has 0 saturated carbocycles. The number of aliphatic imine (C=N–C) groups is 1. The molecule has 0 aliphatic carbocycles. The third-order valence-corrected chi connectivity index (χ3v) is 6.22. The van der Waals surface area contributed by atoms with Crippen molar-refractivity contribution in [3.63, 3.8) is 0 Å². The quantitative estimate of drug-likeness (QED) is 0.194. The van der Waals surface area contributed by atoms with Crippen LogP contribution in [0.25, 0.3) is 0 Å². The highest BCUT2D eigenvalue weighted by atomic mass is 35.5. The van der Waals surface area contributed by atoms with Crippen LogP contribution in [0.15, 0.2) is 39.4 Å². The predicted octanol–water partition coefficient (Wildman–Crippen LogP) is 1.36. The Labute approximate surface area is 200 Å². The second-order valence-corrected chi connectivity index (χ2v) is 8.55. The van der Waals surface area contributed by atoms with E-state index >= 15 is 0 Å². The lowest BCUT2D eigenvalue weighted by Gasteiger charge is -2.40. The highest BCUT2D eigenvalue weighted by Crippen LogP contribution is 2.35. The highest BCUT2D eigenvalue weighted by Gasteiger charge is 2.44. The van der Waals surface area contributed by atoms with Gasteiger partial charge < -0.3 is 25.9 Å². The molecule has 0 radical (unpaired) electrons. The van der Waals surface area contributed by atoms with Crippen LogP contribution in [0.1, 0.15) is 11.3 Å². The van der Waals surface area contributed by atoms with Gasteiger partial charge in [0, 0.05) is 22.9 Å². The fourth-order valence-corrected chi connectivity index (χ4v) is 4.42. The number of rotatable bonds is 6. The number of benzene rings is 1. The normalized spacial score (nSPS) is 25.5. The maximum absolute atomic E-state index is 13.6. The number of aromatic nitrogens is 1. The molecule has 34 heavy (non-hydrogen) atoms. The molecule has 180 valence electrons. The summed E-state index contributed by atoms with van der Waals surface area (Å²) in [5.41, 5.74) is -1.56. The summed E-state index contributed by atoms with van der Waals surface area (Å²) >= 11 is 6.93. The number of thioether (sulfide) groups is 1. The van der Waals surface area contributed by atoms with Gasteiger partial charge in [-0.1, -0.05) is 23.4 Å². The Kier molecular flexibility index (Phi) is 8.47. The molecule has 5 atom stereocenters. The molecular formula is C20H17ClF3N5O4S. The number of aliphatic hydroxyl groups is 3. The van der Waals surface area contributed by atoms with Crippen LogP contribution in [-0.2, 0) is 4.74 Å². The van der Waals surface area contributed by atoms with Crippen LogP contribution in [-0.4, -0.2) is 68.6 Å². The molecule has 1 fully saturated rings. The van der Waals surface area contributed by atoms with E-state index < -0.39 is 53.8 Å². The number of hydrogen-bond donors (Lipinski definition) is 4. The van der Waals surface area contributed by atoms with Gasteiger partial charge in [0.2, 0.25) is 0 Å². The number of nitrogens with two attached hydrogens (primary N) is 1. The largest absolute Gasteiger partial charge is 0.394 e. The second-order valence-electron chi connectivity index (χ2n) is 6.97. The van der Waals surface area contributed by atoms with E-state index in [4.69, 9.17) is 27.4 Å². The van der Waals surface area contributed by atoms with Gasteiger partial charge in [0.15, 0.2) is 23.1 Å². The minimum Gasteiger partial charge on any atom is -0.394 e. The van der Waals surface area contributed by atoms with Gasteiger partial charge in [-0.3, -0.25) is 4.99 Å². The standard InChI is InChI=1S/C20H17ClF3N5O4S/c21-10-3-9(5-27-13(10)4-25)34-20-19(32)17(18(31)15(7-30)33-20)28-6-14(29-26)8-1-11(22)16(24)12(23)2-8/h1-3,5-6,15,17-20,30-32H,7,26H2/t15?,17?,18-,19?,20+/m0/s1. The lowest BCUT2D eigenvalue weighted by atomic mass is 9.98. The van der Waals surface area contributed by atoms with Crippen molar-refractivity contribution in [1.82, 2.24) is 4.98 Å². The molecule has 2 aromatic rings. The molecule has 1 aliphatic rings. The van der Waals surface area contributed by atoms with Crippen LogP contribution in [0.4, 0.5) is 13.2 Å². The van der Waals surface area contributed by atoms with E-state index in [0.29, 0.717) is 17.0 Å². The molecule has 1 aromatic carbocycles. The molecule has 0 amide bonds. The van der Waals surface area contributed by atoms with Gasteiger partial charge in [0.25, 0.3) is 0 Å². The third-order valence-electron chi connectivity index (χ3n) is 4.81. The summed E-state index contributed by atoms with van der Waals surface area (Å²) < 4.78 is 45.9. The van der Waals surface area contributed by atoms with Gasteiger partial charge in [-0.05, 0) is 18.2 Å². The Morgan fingerprint density at radius 2 is 1.94 bits per heavy atom. The maximum Gasteiger partial charge on any atom is 0.194 e. The molecule has 2 heterocycles. The number of aliphatic hydroxyl groups excluding tert-OH is 3. The molecule has 1 aromatic heterocycles. The number of pyridine rings is 1. The Morgan fingerprint density at radius 1 is 1.26 bits per heavy atom. The Hall–Kier alpha value is -2.73. The molecule has 3 rings (SSSR count). The monoisotopic (exact) mass is 515 g/mol. The van der Waals surface area contributed by atoms with Crippen LogP contribution >= 0.6 is 23.4 Å². The van der Waals surface area contributed by atoms with Crippen LogP contribution in [0.2, 0.25) is 5.02 Å². The lowest BCUT2D eigenvalue weighted by Crippen LogP contribution is -2.56. The van der Waals surface area contributed by atoms with Crippen molar-refractivity contribution in [2.75, 3.05) is 6.61 Å². The van der Waals surface area contributed by atoms with Gasteiger partial charge in [0.1, 0.15) is 41.6 Å². The van der Waals surface area contributed by atoms with Gasteiger partial charge >= 0.3 is 0 Å². The summed E-state index contributed by atoms with van der Waals surface area (Å²) in [5.74, 6) is 0.659. The van der Waals surface area contributed by atoms with Crippen LogP contribution in [0.5, 0.6) is 0 Å². The van der Waals surface area contributed by atoms with Gasteiger partial charge in [-0.2, -0.15) is 10.4 Å². The van der Waals surface area contributed by atoms with E-state index in [0.717, 1.165) is 18.0 Å². The lowest BCUT2D eigenvalue weighted by molar-refractivity contribution is -0.159. The van der Waals surface area contributed by atoms with E-state index in [9.17, 15) is 28.5 Å².